The molecule has 3 atom stereocenters. The van der Waals surface area contributed by atoms with Crippen molar-refractivity contribution in [3.63, 3.8) is 0 Å². The van der Waals surface area contributed by atoms with Gasteiger partial charge in [0.05, 0.1) is 32.8 Å². The molecule has 0 bridgehead atoms. The molecule has 0 spiro atoms. The largest absolute Gasteiger partial charge is 0.489 e. The van der Waals surface area contributed by atoms with Gasteiger partial charge in [0, 0.05) is 43.0 Å². The third-order valence-corrected chi connectivity index (χ3v) is 11.9. The average molecular weight is 748 g/mol. The third-order valence-electron chi connectivity index (χ3n) is 10.6. The van der Waals surface area contributed by atoms with E-state index in [-0.39, 0.29) is 111 Å². The van der Waals surface area contributed by atoms with Crippen LogP contribution in [0.1, 0.15) is 37.7 Å². The molecule has 6 heterocycles. The van der Waals surface area contributed by atoms with Crippen molar-refractivity contribution in [2.45, 2.75) is 56.3 Å². The first-order valence-electron chi connectivity index (χ1n) is 16.6. The summed E-state index contributed by atoms with van der Waals surface area (Å²) >= 11 is 7.85. The Labute approximate surface area is 297 Å². The summed E-state index contributed by atoms with van der Waals surface area (Å²) in [6, 6.07) is 3.73. The van der Waals surface area contributed by atoms with E-state index in [0.29, 0.717) is 19.3 Å². The summed E-state index contributed by atoms with van der Waals surface area (Å²) in [5.74, 6) is -2.66. The zero-order chi connectivity index (χ0) is 35.8. The molecule has 3 saturated heterocycles. The van der Waals surface area contributed by atoms with Gasteiger partial charge in [0.2, 0.25) is 0 Å². The smallest absolute Gasteiger partial charge is 0.319 e. The number of anilines is 2. The minimum absolute atomic E-state index is 0.00929. The SMILES string of the molecule is N#Cc1c(N)sc2c(F)ccc(-c3c(Cl)c4c5c(nc(OC[C@@]67CCCN6C[C@H](F)C7)nc5c3F)N(C3CCCN(C(=O)C(F)F)C3)CCO4)c12. The van der Waals surface area contributed by atoms with E-state index in [1.165, 1.54) is 6.07 Å². The number of fused-ring (bicyclic) bond motifs is 2. The van der Waals surface area contributed by atoms with Crippen LogP contribution in [0.3, 0.4) is 0 Å². The molecule has 0 saturated carbocycles. The number of hydrogen-bond acceptors (Lipinski definition) is 10. The summed E-state index contributed by atoms with van der Waals surface area (Å²) in [4.78, 5) is 26.5. The van der Waals surface area contributed by atoms with Gasteiger partial charge in [0.1, 0.15) is 47.6 Å². The van der Waals surface area contributed by atoms with Crippen LogP contribution in [-0.4, -0.2) is 95.8 Å². The number of halogens is 6. The van der Waals surface area contributed by atoms with E-state index < -0.39 is 41.7 Å². The number of nitriles is 1. The van der Waals surface area contributed by atoms with E-state index in [9.17, 15) is 23.2 Å². The highest BCUT2D eigenvalue weighted by atomic mass is 35.5. The van der Waals surface area contributed by atoms with E-state index >= 15 is 8.78 Å². The van der Waals surface area contributed by atoms with Crippen LogP contribution in [0.15, 0.2) is 12.1 Å². The summed E-state index contributed by atoms with van der Waals surface area (Å²) < 4.78 is 86.2. The Morgan fingerprint density at radius 3 is 2.80 bits per heavy atom. The molecule has 2 aromatic heterocycles. The minimum atomic E-state index is -3.17. The molecule has 4 aliphatic rings. The second-order valence-corrected chi connectivity index (χ2v) is 14.9. The number of piperidine rings is 1. The number of rotatable bonds is 6. The van der Waals surface area contributed by atoms with Gasteiger partial charge in [-0.15, -0.1) is 11.3 Å². The van der Waals surface area contributed by atoms with Gasteiger partial charge in [-0.2, -0.15) is 24.0 Å². The number of ether oxygens (including phenoxy) is 2. The number of hydrogen-bond donors (Lipinski definition) is 1. The lowest BCUT2D eigenvalue weighted by molar-refractivity contribution is -0.144. The predicted octanol–water partition coefficient (Wildman–Crippen LogP) is 6.31. The molecule has 2 N–H and O–H groups in total. The number of carbonyl (C=O) groups is 1. The fourth-order valence-corrected chi connectivity index (χ4v) is 9.57. The standard InChI is InChI=1S/C34H31ClF5N7O3S/c35-24-22(18-4-5-20(37)28-21(18)19(12-41)30(42)51-28)25(38)26-23-27(24)49-10-9-47(17-3-1-7-45(14-17)32(48)29(39)40)31(23)44-33(43-26)50-15-34-6-2-8-46(34)13-16(36)11-34/h4-5,16-17,29H,1-3,6-11,13-15,42H2/t16-,17?,34+/m1/s1. The second-order valence-electron chi connectivity index (χ2n) is 13.4. The van der Waals surface area contributed by atoms with Gasteiger partial charge in [0.25, 0.3) is 5.91 Å². The Bertz CT molecular complexity index is 2130. The molecule has 0 radical (unpaired) electrons. The number of nitrogens with two attached hydrogens (primary N) is 1. The van der Waals surface area contributed by atoms with Crippen molar-refractivity contribution in [1.82, 2.24) is 19.8 Å². The molecule has 0 aliphatic carbocycles. The maximum absolute atomic E-state index is 17.2. The Morgan fingerprint density at radius 1 is 1.20 bits per heavy atom. The molecule has 10 nitrogen and oxygen atoms in total. The first-order chi connectivity index (χ1) is 24.5. The molecule has 4 aromatic rings. The number of likely N-dealkylation sites (tertiary alicyclic amines) is 1. The molecule has 1 unspecified atom stereocenters. The van der Waals surface area contributed by atoms with Crippen LogP contribution in [0.4, 0.5) is 32.8 Å². The van der Waals surface area contributed by atoms with Crippen molar-refractivity contribution in [2.75, 3.05) is 56.6 Å². The topological polar surface area (TPSA) is 121 Å². The molecule has 2 aromatic carbocycles. The second kappa shape index (κ2) is 12.8. The zero-order valence-electron chi connectivity index (χ0n) is 27.0. The van der Waals surface area contributed by atoms with Crippen molar-refractivity contribution < 1.29 is 36.2 Å². The van der Waals surface area contributed by atoms with Gasteiger partial charge in [-0.05, 0) is 43.9 Å². The first kappa shape index (κ1) is 33.9. The summed E-state index contributed by atoms with van der Waals surface area (Å²) in [6.07, 6.45) is -1.39. The molecule has 1 amide bonds. The quantitative estimate of drug-likeness (QED) is 0.227. The van der Waals surface area contributed by atoms with Gasteiger partial charge in [-0.3, -0.25) is 9.69 Å². The molecule has 268 valence electrons. The van der Waals surface area contributed by atoms with Crippen LogP contribution in [0.25, 0.3) is 32.1 Å². The number of amides is 1. The summed E-state index contributed by atoms with van der Waals surface area (Å²) in [7, 11) is 0. The van der Waals surface area contributed by atoms with Gasteiger partial charge in [-0.25, -0.2) is 13.2 Å². The van der Waals surface area contributed by atoms with E-state index in [2.05, 4.69) is 9.88 Å². The molecule has 4 aliphatic heterocycles. The highest BCUT2D eigenvalue weighted by Gasteiger charge is 2.49. The van der Waals surface area contributed by atoms with E-state index in [4.69, 9.17) is 31.8 Å². The maximum Gasteiger partial charge on any atom is 0.319 e. The Kier molecular flexibility index (Phi) is 8.50. The third kappa shape index (κ3) is 5.46. The van der Waals surface area contributed by atoms with Crippen LogP contribution in [-0.2, 0) is 4.79 Å². The summed E-state index contributed by atoms with van der Waals surface area (Å²) in [5, 5.41) is 9.98. The van der Waals surface area contributed by atoms with Gasteiger partial charge in [-0.1, -0.05) is 17.7 Å². The van der Waals surface area contributed by atoms with Crippen molar-refractivity contribution in [2.24, 2.45) is 0 Å². The monoisotopic (exact) mass is 747 g/mol. The van der Waals surface area contributed by atoms with Crippen molar-refractivity contribution >= 4 is 60.7 Å². The van der Waals surface area contributed by atoms with E-state index in [1.807, 2.05) is 6.07 Å². The van der Waals surface area contributed by atoms with Crippen molar-refractivity contribution in [3.8, 4) is 29.0 Å². The van der Waals surface area contributed by atoms with Crippen LogP contribution in [0.2, 0.25) is 5.02 Å². The average Bonchev–Trinajstić information content (AvgIpc) is 3.71. The van der Waals surface area contributed by atoms with E-state index in [0.717, 1.165) is 35.3 Å². The molecule has 51 heavy (non-hydrogen) atoms. The van der Waals surface area contributed by atoms with Crippen LogP contribution < -0.4 is 20.1 Å². The Hall–Kier alpha value is -4.20. The number of aromatic nitrogens is 2. The molecule has 3 fully saturated rings. The number of benzene rings is 2. The number of carbonyl (C=O) groups excluding carboxylic acids is 1. The predicted molar refractivity (Wildman–Crippen MR) is 181 cm³/mol. The first-order valence-corrected chi connectivity index (χ1v) is 17.8. The minimum Gasteiger partial charge on any atom is -0.489 e. The number of nitrogens with zero attached hydrogens (tertiary/aromatic N) is 6. The van der Waals surface area contributed by atoms with E-state index in [1.54, 1.807) is 4.90 Å². The van der Waals surface area contributed by atoms with Crippen LogP contribution in [0.5, 0.6) is 11.8 Å². The highest BCUT2D eigenvalue weighted by Crippen LogP contribution is 2.51. The number of alkyl halides is 3. The molecular weight excluding hydrogens is 717 g/mol. The fraction of sp³-hybridized carbons (Fsp3) is 0.471. The Balaban J connectivity index is 1.31. The highest BCUT2D eigenvalue weighted by molar-refractivity contribution is 7.23. The summed E-state index contributed by atoms with van der Waals surface area (Å²) in [5.41, 5.74) is 5.11. The maximum atomic E-state index is 17.2. The number of nitrogen functional groups attached to an aromatic ring is 1. The summed E-state index contributed by atoms with van der Waals surface area (Å²) in [6.45, 7) is 1.36. The van der Waals surface area contributed by atoms with Crippen LogP contribution >= 0.6 is 22.9 Å². The van der Waals surface area contributed by atoms with Gasteiger partial charge < -0.3 is 25.0 Å². The van der Waals surface area contributed by atoms with Crippen molar-refractivity contribution in [3.05, 3.63) is 34.4 Å². The van der Waals surface area contributed by atoms with Gasteiger partial charge in [0.15, 0.2) is 11.6 Å². The van der Waals surface area contributed by atoms with Crippen LogP contribution in [0, 0.1) is 23.0 Å². The van der Waals surface area contributed by atoms with Gasteiger partial charge >= 0.3 is 12.4 Å². The number of thiophene rings is 1. The zero-order valence-corrected chi connectivity index (χ0v) is 28.6. The molecule has 17 heteroatoms. The molecular formula is C34H31ClF5N7O3S. The lowest BCUT2D eigenvalue weighted by Crippen LogP contribution is -2.52. The normalized spacial score (nSPS) is 23.5. The van der Waals surface area contributed by atoms with Crippen molar-refractivity contribution in [1.29, 1.82) is 5.26 Å². The lowest BCUT2D eigenvalue weighted by Gasteiger charge is -2.39. The molecule has 8 rings (SSSR count). The lowest BCUT2D eigenvalue weighted by atomic mass is 9.95. The Morgan fingerprint density at radius 2 is 2.02 bits per heavy atom. The fourth-order valence-electron chi connectivity index (χ4n) is 8.29.